The van der Waals surface area contributed by atoms with Gasteiger partial charge in [0.1, 0.15) is 5.69 Å². The second-order valence-corrected chi connectivity index (χ2v) is 11.0. The predicted molar refractivity (Wildman–Crippen MR) is 155 cm³/mol. The Morgan fingerprint density at radius 2 is 1.67 bits per heavy atom. The first-order valence-electron chi connectivity index (χ1n) is 13.8. The topological polar surface area (TPSA) is 63.2 Å². The molecule has 39 heavy (non-hydrogen) atoms. The molecule has 2 saturated heterocycles. The number of aromatic nitrogens is 1. The lowest BCUT2D eigenvalue weighted by Gasteiger charge is -2.43. The maximum atomic E-state index is 13.6. The Kier molecular flexibility index (Phi) is 6.73. The van der Waals surface area contributed by atoms with Gasteiger partial charge >= 0.3 is 0 Å². The van der Waals surface area contributed by atoms with E-state index in [4.69, 9.17) is 4.98 Å². The summed E-state index contributed by atoms with van der Waals surface area (Å²) >= 11 is 0. The van der Waals surface area contributed by atoms with Crippen molar-refractivity contribution in [3.05, 3.63) is 78.1 Å². The van der Waals surface area contributed by atoms with Crippen LogP contribution in [0.15, 0.2) is 61.2 Å². The number of fused-ring (bicyclic) bond motifs is 2. The van der Waals surface area contributed by atoms with E-state index in [2.05, 4.69) is 77.8 Å². The average molecular weight is 525 g/mol. The van der Waals surface area contributed by atoms with Crippen LogP contribution in [0, 0.1) is 0 Å². The number of nitrogens with zero attached hydrogens (tertiary/aromatic N) is 6. The van der Waals surface area contributed by atoms with Crippen LogP contribution in [0.4, 0.5) is 11.4 Å². The summed E-state index contributed by atoms with van der Waals surface area (Å²) in [6, 6.07) is 17.3. The Bertz CT molecular complexity index is 1420. The van der Waals surface area contributed by atoms with E-state index in [1.54, 1.807) is 0 Å². The minimum Gasteiger partial charge on any atom is -0.368 e. The Hall–Kier alpha value is -3.91. The smallest absolute Gasteiger partial charge is 0.272 e. The molecule has 0 atom stereocenters. The number of anilines is 2. The molecule has 3 aromatic rings. The van der Waals surface area contributed by atoms with Gasteiger partial charge < -0.3 is 24.5 Å². The number of amides is 2. The van der Waals surface area contributed by atoms with Crippen molar-refractivity contribution >= 4 is 34.0 Å². The highest BCUT2D eigenvalue weighted by molar-refractivity contribution is 5.95. The van der Waals surface area contributed by atoms with Crippen molar-refractivity contribution < 1.29 is 9.59 Å². The molecule has 2 amide bonds. The third-order valence-electron chi connectivity index (χ3n) is 8.47. The highest BCUT2D eigenvalue weighted by Gasteiger charge is 2.35. The molecule has 6 rings (SSSR count). The molecule has 0 aliphatic carbocycles. The molecule has 4 heterocycles. The third kappa shape index (κ3) is 4.74. The van der Waals surface area contributed by atoms with Crippen LogP contribution in [-0.2, 0) is 17.8 Å². The molecule has 3 aliphatic heterocycles. The molecule has 202 valence electrons. The molecule has 3 aliphatic rings. The molecule has 2 aromatic carbocycles. The predicted octanol–water partition coefficient (Wildman–Crippen LogP) is 3.02. The summed E-state index contributed by atoms with van der Waals surface area (Å²) < 4.78 is 0. The highest BCUT2D eigenvalue weighted by atomic mass is 16.2. The molecule has 0 spiro atoms. The maximum absolute atomic E-state index is 13.6. The largest absolute Gasteiger partial charge is 0.368 e. The minimum absolute atomic E-state index is 0.0000875. The summed E-state index contributed by atoms with van der Waals surface area (Å²) in [5.74, 6) is -0.0267. The van der Waals surface area contributed by atoms with E-state index in [9.17, 15) is 9.59 Å². The molecular weight excluding hydrogens is 488 g/mol. The zero-order valence-electron chi connectivity index (χ0n) is 22.8. The Labute approximate surface area is 230 Å². The fourth-order valence-corrected chi connectivity index (χ4v) is 6.01. The summed E-state index contributed by atoms with van der Waals surface area (Å²) in [6.07, 6.45) is 2.24. The SMILES string of the molecule is C=CC(=O)N1CCN(c2cc(C(=O)N3CC(N(C)C)C3)nc3c2CCN(c2cccc4ccccc24)C3)CC1. The molecule has 0 bridgehead atoms. The van der Waals surface area contributed by atoms with E-state index in [0.29, 0.717) is 31.4 Å². The second kappa shape index (κ2) is 10.3. The zero-order valence-corrected chi connectivity index (χ0v) is 22.8. The molecule has 1 aromatic heterocycles. The number of piperazine rings is 1. The number of hydrogen-bond donors (Lipinski definition) is 0. The first kappa shape index (κ1) is 25.4. The van der Waals surface area contributed by atoms with Crippen molar-refractivity contribution in [1.82, 2.24) is 19.7 Å². The van der Waals surface area contributed by atoms with Crippen LogP contribution < -0.4 is 9.80 Å². The lowest BCUT2D eigenvalue weighted by Crippen LogP contribution is -2.59. The van der Waals surface area contributed by atoms with Crippen LogP contribution in [0.25, 0.3) is 10.8 Å². The van der Waals surface area contributed by atoms with Crippen molar-refractivity contribution in [1.29, 1.82) is 0 Å². The van der Waals surface area contributed by atoms with Gasteiger partial charge in [-0.2, -0.15) is 0 Å². The van der Waals surface area contributed by atoms with E-state index in [0.717, 1.165) is 50.5 Å². The number of likely N-dealkylation sites (tertiary alicyclic amines) is 1. The lowest BCUT2D eigenvalue weighted by atomic mass is 9.98. The van der Waals surface area contributed by atoms with Crippen LogP contribution >= 0.6 is 0 Å². The molecule has 0 N–H and O–H groups in total. The molecule has 0 radical (unpaired) electrons. The number of carbonyl (C=O) groups is 2. The average Bonchev–Trinajstić information content (AvgIpc) is 2.94. The number of likely N-dealkylation sites (N-methyl/N-ethyl adjacent to an activating group) is 1. The lowest BCUT2D eigenvalue weighted by molar-refractivity contribution is -0.126. The molecule has 8 nitrogen and oxygen atoms in total. The first-order valence-corrected chi connectivity index (χ1v) is 13.8. The summed E-state index contributed by atoms with van der Waals surface area (Å²) in [6.45, 7) is 9.37. The van der Waals surface area contributed by atoms with E-state index < -0.39 is 0 Å². The van der Waals surface area contributed by atoms with Crippen LogP contribution in [0.1, 0.15) is 21.7 Å². The van der Waals surface area contributed by atoms with Crippen molar-refractivity contribution in [2.45, 2.75) is 19.0 Å². The first-order chi connectivity index (χ1) is 18.9. The summed E-state index contributed by atoms with van der Waals surface area (Å²) in [5.41, 5.74) is 5.01. The van der Waals surface area contributed by atoms with Gasteiger partial charge in [-0.25, -0.2) is 4.98 Å². The fraction of sp³-hybridized carbons (Fsp3) is 0.387. The molecule has 2 fully saturated rings. The van der Waals surface area contributed by atoms with Gasteiger partial charge in [-0.05, 0) is 44.1 Å². The van der Waals surface area contributed by atoms with Gasteiger partial charge in [0, 0.05) is 74.2 Å². The normalized spacial score (nSPS) is 17.8. The van der Waals surface area contributed by atoms with Gasteiger partial charge in [0.05, 0.1) is 12.2 Å². The zero-order chi connectivity index (χ0) is 27.1. The summed E-state index contributed by atoms with van der Waals surface area (Å²) in [5, 5.41) is 2.45. The van der Waals surface area contributed by atoms with Gasteiger partial charge in [-0.3, -0.25) is 9.59 Å². The number of hydrogen-bond acceptors (Lipinski definition) is 6. The maximum Gasteiger partial charge on any atom is 0.272 e. The van der Waals surface area contributed by atoms with Crippen molar-refractivity contribution in [2.75, 3.05) is 69.7 Å². The van der Waals surface area contributed by atoms with Gasteiger partial charge in [0.25, 0.3) is 5.91 Å². The highest BCUT2D eigenvalue weighted by Crippen LogP contribution is 2.35. The number of rotatable bonds is 5. The molecule has 8 heteroatoms. The van der Waals surface area contributed by atoms with Gasteiger partial charge in [0.15, 0.2) is 0 Å². The van der Waals surface area contributed by atoms with Gasteiger partial charge in [-0.1, -0.05) is 43.0 Å². The monoisotopic (exact) mass is 524 g/mol. The summed E-state index contributed by atoms with van der Waals surface area (Å²) in [7, 11) is 4.11. The van der Waals surface area contributed by atoms with Crippen LogP contribution in [0.5, 0.6) is 0 Å². The molecule has 0 saturated carbocycles. The third-order valence-corrected chi connectivity index (χ3v) is 8.47. The minimum atomic E-state index is -0.0266. The van der Waals surface area contributed by atoms with E-state index in [-0.39, 0.29) is 11.8 Å². The quantitative estimate of drug-likeness (QED) is 0.479. The van der Waals surface area contributed by atoms with Gasteiger partial charge in [-0.15, -0.1) is 0 Å². The second-order valence-electron chi connectivity index (χ2n) is 11.0. The van der Waals surface area contributed by atoms with Crippen molar-refractivity contribution in [3.8, 4) is 0 Å². The fourth-order valence-electron chi connectivity index (χ4n) is 6.01. The Balaban J connectivity index is 1.33. The van der Waals surface area contributed by atoms with E-state index in [1.165, 1.54) is 28.1 Å². The van der Waals surface area contributed by atoms with Gasteiger partial charge in [0.2, 0.25) is 5.91 Å². The van der Waals surface area contributed by atoms with Crippen LogP contribution in [0.2, 0.25) is 0 Å². The Morgan fingerprint density at radius 1 is 0.923 bits per heavy atom. The van der Waals surface area contributed by atoms with Crippen LogP contribution in [0.3, 0.4) is 0 Å². The van der Waals surface area contributed by atoms with E-state index in [1.807, 2.05) is 15.9 Å². The molecule has 0 unspecified atom stereocenters. The number of pyridine rings is 1. The number of carbonyl (C=O) groups excluding carboxylic acids is 2. The standard InChI is InChI=1S/C31H36N6O2/c1-4-30(38)35-16-14-34(15-17-35)29-18-26(31(39)37-19-23(20-37)33(2)3)32-27-21-36(13-12-25(27)29)28-11-7-9-22-8-5-6-10-24(22)28/h4-11,18,23H,1,12-17,19-21H2,2-3H3. The number of benzene rings is 2. The van der Waals surface area contributed by atoms with Crippen molar-refractivity contribution in [2.24, 2.45) is 0 Å². The van der Waals surface area contributed by atoms with E-state index >= 15 is 0 Å². The molecular formula is C31H36N6O2. The van der Waals surface area contributed by atoms with Crippen molar-refractivity contribution in [3.63, 3.8) is 0 Å². The summed E-state index contributed by atoms with van der Waals surface area (Å²) in [4.78, 5) is 41.4. The Morgan fingerprint density at radius 3 is 2.41 bits per heavy atom. The van der Waals surface area contributed by atoms with Crippen LogP contribution in [-0.4, -0.2) is 97.4 Å².